The molecule has 0 aliphatic heterocycles. The molecule has 2 aromatic carbocycles. The number of benzene rings is 2. The van der Waals surface area contributed by atoms with Gasteiger partial charge in [-0.15, -0.1) is 0 Å². The zero-order valence-electron chi connectivity index (χ0n) is 18.9. The smallest absolute Gasteiger partial charge is 0.244 e. The number of carbonyl (C=O) groups excluding carboxylic acids is 1. The molecule has 33 heavy (non-hydrogen) atoms. The molecule has 0 bridgehead atoms. The van der Waals surface area contributed by atoms with Crippen LogP contribution < -0.4 is 14.4 Å². The monoisotopic (exact) mass is 517 g/mol. The van der Waals surface area contributed by atoms with Gasteiger partial charge in [-0.1, -0.05) is 18.5 Å². The largest absolute Gasteiger partial charge is 0.492 e. The molecule has 0 saturated heterocycles. The molecule has 2 aromatic rings. The molecule has 1 amide bonds. The second-order valence-electron chi connectivity index (χ2n) is 7.36. The Hall–Kier alpha value is -2.34. The van der Waals surface area contributed by atoms with E-state index < -0.39 is 32.0 Å². The number of halogens is 1. The van der Waals surface area contributed by atoms with Crippen molar-refractivity contribution >= 4 is 43.2 Å². The summed E-state index contributed by atoms with van der Waals surface area (Å²) in [5.74, 6) is -0.0261. The van der Waals surface area contributed by atoms with Gasteiger partial charge in [0, 0.05) is 19.1 Å². The fourth-order valence-corrected chi connectivity index (χ4v) is 5.27. The average Bonchev–Trinajstić information content (AvgIpc) is 2.75. The van der Waals surface area contributed by atoms with E-state index in [0.717, 1.165) is 14.9 Å². The predicted octanol–water partition coefficient (Wildman–Crippen LogP) is 2.33. The molecule has 0 fully saturated rings. The summed E-state index contributed by atoms with van der Waals surface area (Å²) in [4.78, 5) is 12.9. The van der Waals surface area contributed by atoms with Gasteiger partial charge in [0.05, 0.1) is 23.4 Å². The number of sulfonamides is 2. The van der Waals surface area contributed by atoms with Crippen molar-refractivity contribution in [2.24, 2.45) is 0 Å². The van der Waals surface area contributed by atoms with Gasteiger partial charge in [-0.3, -0.25) is 9.10 Å². The maximum absolute atomic E-state index is 12.8. The second-order valence-corrected chi connectivity index (χ2v) is 11.8. The van der Waals surface area contributed by atoms with Gasteiger partial charge in [-0.2, -0.15) is 0 Å². The lowest BCUT2D eigenvalue weighted by Gasteiger charge is -2.30. The number of hydrogen-bond acceptors (Lipinski definition) is 6. The number of hydrogen-bond donors (Lipinski definition) is 1. The Bertz CT molecular complexity index is 1150. The first-order valence-corrected chi connectivity index (χ1v) is 13.7. The molecule has 1 N–H and O–H groups in total. The summed E-state index contributed by atoms with van der Waals surface area (Å²) in [6.45, 7) is 1.96. The van der Waals surface area contributed by atoms with Crippen LogP contribution in [0.3, 0.4) is 0 Å². The molecule has 0 aliphatic rings. The molecular formula is C21H28ClN3O6S2. The van der Waals surface area contributed by atoms with Crippen LogP contribution in [0.4, 0.5) is 5.69 Å². The molecule has 0 heterocycles. The molecule has 0 saturated carbocycles. The molecule has 182 valence electrons. The van der Waals surface area contributed by atoms with Gasteiger partial charge in [0.2, 0.25) is 26.0 Å². The Labute approximate surface area is 200 Å². The first kappa shape index (κ1) is 26.9. The zero-order valence-corrected chi connectivity index (χ0v) is 21.2. The van der Waals surface area contributed by atoms with E-state index in [9.17, 15) is 21.6 Å². The Morgan fingerprint density at radius 2 is 1.61 bits per heavy atom. The van der Waals surface area contributed by atoms with Crippen LogP contribution in [0.2, 0.25) is 5.02 Å². The molecule has 0 aromatic heterocycles. The fourth-order valence-electron chi connectivity index (χ4n) is 3.03. The third kappa shape index (κ3) is 7.07. The maximum Gasteiger partial charge on any atom is 0.244 e. The lowest BCUT2D eigenvalue weighted by molar-refractivity contribution is -0.122. The van der Waals surface area contributed by atoms with Crippen molar-refractivity contribution in [2.45, 2.75) is 24.3 Å². The highest BCUT2D eigenvalue weighted by atomic mass is 35.5. The number of nitrogens with one attached hydrogen (secondary N) is 1. The summed E-state index contributed by atoms with van der Waals surface area (Å²) in [6, 6.07) is 11.2. The molecule has 0 radical (unpaired) electrons. The Kier molecular flexibility index (Phi) is 9.12. The van der Waals surface area contributed by atoms with E-state index in [2.05, 4.69) is 5.32 Å². The standard InChI is InChI=1S/C21H28ClN3O6S2/c1-5-20(25(32(4,27)28)17-8-6-16(22)7-9-17)21(26)23-14-15-31-18-10-12-19(13-11-18)33(29,30)24(2)3/h6-13,20H,5,14-15H2,1-4H3,(H,23,26)/t20-/m0/s1. The number of carbonyl (C=O) groups is 1. The Morgan fingerprint density at radius 3 is 2.09 bits per heavy atom. The molecule has 0 spiro atoms. The van der Waals surface area contributed by atoms with Crippen LogP contribution in [0.1, 0.15) is 13.3 Å². The average molecular weight is 518 g/mol. The minimum Gasteiger partial charge on any atom is -0.492 e. The van der Waals surface area contributed by atoms with Crippen LogP contribution in [-0.2, 0) is 24.8 Å². The number of rotatable bonds is 11. The molecule has 12 heteroatoms. The van der Waals surface area contributed by atoms with E-state index in [4.69, 9.17) is 16.3 Å². The van der Waals surface area contributed by atoms with Crippen molar-refractivity contribution in [3.8, 4) is 5.75 Å². The van der Waals surface area contributed by atoms with Crippen molar-refractivity contribution in [2.75, 3.05) is 37.8 Å². The highest BCUT2D eigenvalue weighted by Gasteiger charge is 2.31. The zero-order chi connectivity index (χ0) is 24.8. The Morgan fingerprint density at radius 1 is 1.03 bits per heavy atom. The molecule has 0 unspecified atom stereocenters. The van der Waals surface area contributed by atoms with Gasteiger partial charge < -0.3 is 10.1 Å². The van der Waals surface area contributed by atoms with Gasteiger partial charge in [0.1, 0.15) is 18.4 Å². The minimum atomic E-state index is -3.74. The van der Waals surface area contributed by atoms with E-state index in [1.54, 1.807) is 31.2 Å². The van der Waals surface area contributed by atoms with Crippen LogP contribution in [0.5, 0.6) is 5.75 Å². The third-order valence-corrected chi connectivity index (χ3v) is 7.94. The first-order valence-electron chi connectivity index (χ1n) is 10.1. The minimum absolute atomic E-state index is 0.113. The lowest BCUT2D eigenvalue weighted by Crippen LogP contribution is -2.50. The van der Waals surface area contributed by atoms with Crippen molar-refractivity contribution < 1.29 is 26.4 Å². The summed E-state index contributed by atoms with van der Waals surface area (Å²) in [5.41, 5.74) is 0.341. The van der Waals surface area contributed by atoms with Gasteiger partial charge in [0.25, 0.3) is 0 Å². The van der Waals surface area contributed by atoms with Crippen molar-refractivity contribution in [3.05, 3.63) is 53.6 Å². The first-order chi connectivity index (χ1) is 15.4. The van der Waals surface area contributed by atoms with E-state index in [1.165, 1.54) is 38.4 Å². The number of ether oxygens (including phenoxy) is 1. The van der Waals surface area contributed by atoms with E-state index in [-0.39, 0.29) is 24.5 Å². The highest BCUT2D eigenvalue weighted by Crippen LogP contribution is 2.24. The summed E-state index contributed by atoms with van der Waals surface area (Å²) >= 11 is 5.89. The van der Waals surface area contributed by atoms with Crippen molar-refractivity contribution in [3.63, 3.8) is 0 Å². The van der Waals surface area contributed by atoms with Gasteiger partial charge >= 0.3 is 0 Å². The molecular weight excluding hydrogens is 490 g/mol. The van der Waals surface area contributed by atoms with E-state index in [1.807, 2.05) is 0 Å². The molecule has 1 atom stereocenters. The highest BCUT2D eigenvalue weighted by molar-refractivity contribution is 7.92. The van der Waals surface area contributed by atoms with E-state index in [0.29, 0.717) is 16.5 Å². The Balaban J connectivity index is 2.00. The molecule has 2 rings (SSSR count). The van der Waals surface area contributed by atoms with Crippen LogP contribution in [0.25, 0.3) is 0 Å². The number of amides is 1. The number of nitrogens with zero attached hydrogens (tertiary/aromatic N) is 2. The van der Waals surface area contributed by atoms with E-state index >= 15 is 0 Å². The quantitative estimate of drug-likeness (QED) is 0.458. The van der Waals surface area contributed by atoms with Gasteiger partial charge in [-0.25, -0.2) is 21.1 Å². The van der Waals surface area contributed by atoms with Crippen LogP contribution in [0.15, 0.2) is 53.4 Å². The lowest BCUT2D eigenvalue weighted by atomic mass is 10.2. The molecule has 0 aliphatic carbocycles. The third-order valence-electron chi connectivity index (χ3n) is 4.68. The normalized spacial score (nSPS) is 12.9. The van der Waals surface area contributed by atoms with Crippen molar-refractivity contribution in [1.29, 1.82) is 0 Å². The molecule has 9 nitrogen and oxygen atoms in total. The summed E-state index contributed by atoms with van der Waals surface area (Å²) in [5, 5.41) is 3.14. The summed E-state index contributed by atoms with van der Waals surface area (Å²) < 4.78 is 56.8. The van der Waals surface area contributed by atoms with Crippen LogP contribution in [-0.4, -0.2) is 66.6 Å². The maximum atomic E-state index is 12.8. The predicted molar refractivity (Wildman–Crippen MR) is 129 cm³/mol. The SMILES string of the molecule is CC[C@@H](C(=O)NCCOc1ccc(S(=O)(=O)N(C)C)cc1)N(c1ccc(Cl)cc1)S(C)(=O)=O. The summed E-state index contributed by atoms with van der Waals surface area (Å²) in [7, 11) is -4.37. The van der Waals surface area contributed by atoms with Crippen LogP contribution in [0, 0.1) is 0 Å². The second kappa shape index (κ2) is 11.2. The fraction of sp³-hybridized carbons (Fsp3) is 0.381. The van der Waals surface area contributed by atoms with Gasteiger partial charge in [0.15, 0.2) is 0 Å². The van der Waals surface area contributed by atoms with Gasteiger partial charge in [-0.05, 0) is 55.0 Å². The van der Waals surface area contributed by atoms with Crippen molar-refractivity contribution in [1.82, 2.24) is 9.62 Å². The summed E-state index contributed by atoms with van der Waals surface area (Å²) in [6.07, 6.45) is 1.30. The topological polar surface area (TPSA) is 113 Å². The number of anilines is 1. The van der Waals surface area contributed by atoms with Crippen LogP contribution >= 0.6 is 11.6 Å².